The molecule has 1 heterocycles. The maximum Gasteiger partial charge on any atom is 0.254 e. The molecule has 1 unspecified atom stereocenters. The molecule has 0 aliphatic carbocycles. The van der Waals surface area contributed by atoms with Gasteiger partial charge < -0.3 is 9.80 Å². The number of nitrogens with zero attached hydrogens (tertiary/aromatic N) is 2. The van der Waals surface area contributed by atoms with Crippen LogP contribution in [-0.4, -0.2) is 56.4 Å². The van der Waals surface area contributed by atoms with Gasteiger partial charge in [-0.15, -0.1) is 0 Å². The Bertz CT molecular complexity index is 686. The molecule has 26 heavy (non-hydrogen) atoms. The number of amides is 1. The zero-order valence-corrected chi connectivity index (χ0v) is 17.1. The first-order valence-electron chi connectivity index (χ1n) is 9.78. The van der Waals surface area contributed by atoms with Crippen molar-refractivity contribution in [3.63, 3.8) is 0 Å². The standard InChI is InChI=1S/C20H32N2O3S/c1-4-7-14-22(19-12-15-26(24,25)16-19)20(23)17-8-10-18(11-9-17)21(6-3)13-5-2/h8-11,19H,4-7,12-16H2,1-3H3. The lowest BCUT2D eigenvalue weighted by atomic mass is 10.1. The van der Waals surface area contributed by atoms with Gasteiger partial charge in [-0.2, -0.15) is 0 Å². The summed E-state index contributed by atoms with van der Waals surface area (Å²) in [4.78, 5) is 17.1. The largest absolute Gasteiger partial charge is 0.372 e. The van der Waals surface area contributed by atoms with E-state index < -0.39 is 9.84 Å². The summed E-state index contributed by atoms with van der Waals surface area (Å²) >= 11 is 0. The van der Waals surface area contributed by atoms with E-state index in [9.17, 15) is 13.2 Å². The zero-order valence-electron chi connectivity index (χ0n) is 16.3. The second kappa shape index (κ2) is 9.40. The number of rotatable bonds is 9. The van der Waals surface area contributed by atoms with Gasteiger partial charge in [-0.05, 0) is 50.5 Å². The fourth-order valence-electron chi connectivity index (χ4n) is 3.52. The van der Waals surface area contributed by atoms with Crippen LogP contribution in [0.3, 0.4) is 0 Å². The highest BCUT2D eigenvalue weighted by molar-refractivity contribution is 7.91. The van der Waals surface area contributed by atoms with Gasteiger partial charge in [0.1, 0.15) is 0 Å². The molecule has 1 aromatic carbocycles. The molecule has 5 nitrogen and oxygen atoms in total. The molecule has 1 atom stereocenters. The first-order valence-corrected chi connectivity index (χ1v) is 11.6. The molecule has 1 saturated heterocycles. The Hall–Kier alpha value is -1.56. The molecule has 0 spiro atoms. The summed E-state index contributed by atoms with van der Waals surface area (Å²) in [6.07, 6.45) is 3.50. The maximum atomic E-state index is 13.0. The maximum absolute atomic E-state index is 13.0. The molecule has 0 radical (unpaired) electrons. The SMILES string of the molecule is CCCCN(C(=O)c1ccc(N(CC)CCC)cc1)C1CCS(=O)(=O)C1. The minimum absolute atomic E-state index is 0.0503. The van der Waals surface area contributed by atoms with E-state index in [0.717, 1.165) is 38.0 Å². The molecule has 0 bridgehead atoms. The Kier molecular flexibility index (Phi) is 7.50. The normalized spacial score (nSPS) is 18.7. The highest BCUT2D eigenvalue weighted by Crippen LogP contribution is 2.22. The summed E-state index contributed by atoms with van der Waals surface area (Å²) in [7, 11) is -3.01. The average Bonchev–Trinajstić information content (AvgIpc) is 2.99. The van der Waals surface area contributed by atoms with Crippen LogP contribution in [-0.2, 0) is 9.84 Å². The Balaban J connectivity index is 2.17. The number of hydrogen-bond donors (Lipinski definition) is 0. The number of benzene rings is 1. The highest BCUT2D eigenvalue weighted by Gasteiger charge is 2.34. The summed E-state index contributed by atoms with van der Waals surface area (Å²) in [5, 5.41) is 0. The first-order chi connectivity index (χ1) is 12.4. The van der Waals surface area contributed by atoms with Crippen molar-refractivity contribution in [2.45, 2.75) is 52.5 Å². The number of anilines is 1. The first kappa shape index (κ1) is 20.7. The third-order valence-corrected chi connectivity index (χ3v) is 6.77. The van der Waals surface area contributed by atoms with E-state index in [1.807, 2.05) is 24.3 Å². The van der Waals surface area contributed by atoms with Crippen LogP contribution in [0.5, 0.6) is 0 Å². The number of unbranched alkanes of at least 4 members (excludes halogenated alkanes) is 1. The molecule has 1 aromatic rings. The summed E-state index contributed by atoms with van der Waals surface area (Å²) < 4.78 is 23.7. The Morgan fingerprint density at radius 1 is 1.08 bits per heavy atom. The summed E-state index contributed by atoms with van der Waals surface area (Å²) in [5.74, 6) is 0.237. The Morgan fingerprint density at radius 3 is 2.27 bits per heavy atom. The molecular weight excluding hydrogens is 348 g/mol. The monoisotopic (exact) mass is 380 g/mol. The molecule has 1 aliphatic heterocycles. The van der Waals surface area contributed by atoms with Crippen LogP contribution >= 0.6 is 0 Å². The van der Waals surface area contributed by atoms with Crippen molar-refractivity contribution in [3.05, 3.63) is 29.8 Å². The van der Waals surface area contributed by atoms with Crippen LogP contribution in [0.2, 0.25) is 0 Å². The van der Waals surface area contributed by atoms with Crippen molar-refractivity contribution >= 4 is 21.4 Å². The molecular formula is C20H32N2O3S. The van der Waals surface area contributed by atoms with Crippen molar-refractivity contribution < 1.29 is 13.2 Å². The summed E-state index contributed by atoms with van der Waals surface area (Å²) in [6, 6.07) is 7.55. The molecule has 1 fully saturated rings. The van der Waals surface area contributed by atoms with Crippen molar-refractivity contribution in [2.75, 3.05) is 36.0 Å². The smallest absolute Gasteiger partial charge is 0.254 e. The number of sulfone groups is 1. The van der Waals surface area contributed by atoms with E-state index in [2.05, 4.69) is 25.7 Å². The molecule has 1 amide bonds. The van der Waals surface area contributed by atoms with Gasteiger partial charge in [0.25, 0.3) is 5.91 Å². The predicted molar refractivity (Wildman–Crippen MR) is 108 cm³/mol. The van der Waals surface area contributed by atoms with Crippen LogP contribution in [0.1, 0.15) is 56.8 Å². The van der Waals surface area contributed by atoms with Gasteiger partial charge in [0.05, 0.1) is 11.5 Å². The Morgan fingerprint density at radius 2 is 1.77 bits per heavy atom. The van der Waals surface area contributed by atoms with E-state index in [-0.39, 0.29) is 23.5 Å². The molecule has 6 heteroatoms. The number of carbonyl (C=O) groups excluding carboxylic acids is 1. The van der Waals surface area contributed by atoms with Crippen molar-refractivity contribution in [3.8, 4) is 0 Å². The van der Waals surface area contributed by atoms with E-state index in [4.69, 9.17) is 0 Å². The fourth-order valence-corrected chi connectivity index (χ4v) is 5.25. The summed E-state index contributed by atoms with van der Waals surface area (Å²) in [5.41, 5.74) is 1.76. The van der Waals surface area contributed by atoms with Crippen molar-refractivity contribution in [1.82, 2.24) is 4.90 Å². The van der Waals surface area contributed by atoms with Crippen LogP contribution in [0, 0.1) is 0 Å². The Labute approximate surface area is 158 Å². The molecule has 0 saturated carbocycles. The van der Waals surface area contributed by atoms with Crippen LogP contribution in [0.25, 0.3) is 0 Å². The van der Waals surface area contributed by atoms with Crippen LogP contribution in [0.15, 0.2) is 24.3 Å². The molecule has 0 N–H and O–H groups in total. The van der Waals surface area contributed by atoms with Gasteiger partial charge in [-0.1, -0.05) is 20.3 Å². The molecule has 0 aromatic heterocycles. The topological polar surface area (TPSA) is 57.7 Å². The highest BCUT2D eigenvalue weighted by atomic mass is 32.2. The quantitative estimate of drug-likeness (QED) is 0.659. The van der Waals surface area contributed by atoms with Crippen LogP contribution in [0.4, 0.5) is 5.69 Å². The fraction of sp³-hybridized carbons (Fsp3) is 0.650. The van der Waals surface area contributed by atoms with Gasteiger partial charge in [0.15, 0.2) is 9.84 Å². The van der Waals surface area contributed by atoms with E-state index in [1.165, 1.54) is 0 Å². The number of carbonyl (C=O) groups is 1. The summed E-state index contributed by atoms with van der Waals surface area (Å²) in [6.45, 7) is 8.91. The van der Waals surface area contributed by atoms with E-state index in [0.29, 0.717) is 18.5 Å². The third-order valence-electron chi connectivity index (χ3n) is 5.02. The van der Waals surface area contributed by atoms with Gasteiger partial charge in [0.2, 0.25) is 0 Å². The zero-order chi connectivity index (χ0) is 19.2. The second-order valence-electron chi connectivity index (χ2n) is 7.04. The van der Waals surface area contributed by atoms with Gasteiger partial charge >= 0.3 is 0 Å². The molecule has 2 rings (SSSR count). The minimum atomic E-state index is -3.01. The van der Waals surface area contributed by atoms with Gasteiger partial charge in [-0.3, -0.25) is 4.79 Å². The number of hydrogen-bond acceptors (Lipinski definition) is 4. The van der Waals surface area contributed by atoms with Crippen molar-refractivity contribution in [2.24, 2.45) is 0 Å². The lowest BCUT2D eigenvalue weighted by Gasteiger charge is -2.29. The predicted octanol–water partition coefficient (Wildman–Crippen LogP) is 3.35. The minimum Gasteiger partial charge on any atom is -0.372 e. The van der Waals surface area contributed by atoms with Gasteiger partial charge in [-0.25, -0.2) is 8.42 Å². The molecule has 146 valence electrons. The lowest BCUT2D eigenvalue weighted by molar-refractivity contribution is 0.0694. The third kappa shape index (κ3) is 5.22. The van der Waals surface area contributed by atoms with E-state index in [1.54, 1.807) is 4.90 Å². The van der Waals surface area contributed by atoms with Crippen molar-refractivity contribution in [1.29, 1.82) is 0 Å². The molecule has 1 aliphatic rings. The second-order valence-corrected chi connectivity index (χ2v) is 9.26. The van der Waals surface area contributed by atoms with E-state index >= 15 is 0 Å². The lowest BCUT2D eigenvalue weighted by Crippen LogP contribution is -2.41. The average molecular weight is 381 g/mol. The van der Waals surface area contributed by atoms with Gasteiger partial charge in [0, 0.05) is 36.9 Å². The van der Waals surface area contributed by atoms with Crippen LogP contribution < -0.4 is 4.90 Å².